The van der Waals surface area contributed by atoms with Gasteiger partial charge in [-0.25, -0.2) is 0 Å². The van der Waals surface area contributed by atoms with E-state index >= 15 is 0 Å². The van der Waals surface area contributed by atoms with Gasteiger partial charge in [-0.15, -0.1) is 0 Å². The molecule has 5 nitrogen and oxygen atoms in total. The van der Waals surface area contributed by atoms with Gasteiger partial charge >= 0.3 is 0 Å². The predicted octanol–water partition coefficient (Wildman–Crippen LogP) is 6.23. The summed E-state index contributed by atoms with van der Waals surface area (Å²) in [6.07, 6.45) is 1.56. The summed E-state index contributed by atoms with van der Waals surface area (Å²) >= 11 is 11.7. The van der Waals surface area contributed by atoms with Crippen molar-refractivity contribution in [2.75, 3.05) is 0 Å². The molecule has 0 aliphatic rings. The summed E-state index contributed by atoms with van der Waals surface area (Å²) in [5.74, 6) is 0.712. The third-order valence-corrected chi connectivity index (χ3v) is 4.10. The van der Waals surface area contributed by atoms with E-state index in [0.717, 1.165) is 0 Å². The fourth-order valence-electron chi connectivity index (χ4n) is 2.39. The second-order valence-electron chi connectivity index (χ2n) is 5.30. The monoisotopic (exact) mass is 384 g/mol. The zero-order chi connectivity index (χ0) is 18.7. The minimum Gasteiger partial charge on any atom is -0.456 e. The molecule has 0 aliphatic carbocycles. The fourth-order valence-corrected chi connectivity index (χ4v) is 2.68. The maximum atomic E-state index is 11.2. The normalized spacial score (nSPS) is 11.2. The van der Waals surface area contributed by atoms with Crippen LogP contribution in [-0.2, 0) is 0 Å². The van der Waals surface area contributed by atoms with Gasteiger partial charge in [-0.2, -0.15) is 5.26 Å². The molecule has 7 heteroatoms. The van der Waals surface area contributed by atoms with Crippen molar-refractivity contribution in [3.05, 3.63) is 86.1 Å². The lowest BCUT2D eigenvalue weighted by Crippen LogP contribution is -1.91. The molecular weight excluding hydrogens is 375 g/mol. The van der Waals surface area contributed by atoms with Gasteiger partial charge in [0.05, 0.1) is 22.1 Å². The Balaban J connectivity index is 1.99. The highest BCUT2D eigenvalue weighted by atomic mass is 35.5. The minimum absolute atomic E-state index is 0.152. The first-order chi connectivity index (χ1) is 12.5. The second kappa shape index (κ2) is 7.44. The highest BCUT2D eigenvalue weighted by Gasteiger charge is 2.18. The Morgan fingerprint density at radius 2 is 1.77 bits per heavy atom. The quantitative estimate of drug-likeness (QED) is 0.303. The summed E-state index contributed by atoms with van der Waals surface area (Å²) in [6.45, 7) is 0. The summed E-state index contributed by atoms with van der Waals surface area (Å²) in [4.78, 5) is 10.7. The Kier molecular flexibility index (Phi) is 5.08. The molecule has 0 amide bonds. The Morgan fingerprint density at radius 3 is 2.42 bits per heavy atom. The number of allylic oxidation sites excluding steroid dienone is 1. The molecule has 0 spiro atoms. The number of furan rings is 1. The topological polar surface area (TPSA) is 80.1 Å². The van der Waals surface area contributed by atoms with E-state index in [-0.39, 0.29) is 10.7 Å². The molecule has 0 bridgehead atoms. The van der Waals surface area contributed by atoms with Gasteiger partial charge in [0, 0.05) is 16.1 Å². The molecule has 3 aromatic rings. The van der Waals surface area contributed by atoms with E-state index in [1.54, 1.807) is 48.5 Å². The highest BCUT2D eigenvalue weighted by molar-refractivity contribution is 6.31. The molecule has 128 valence electrons. The molecule has 0 aliphatic heterocycles. The minimum atomic E-state index is -0.520. The van der Waals surface area contributed by atoms with Crippen LogP contribution < -0.4 is 0 Å². The number of hydrogen-bond acceptors (Lipinski definition) is 4. The zero-order valence-corrected chi connectivity index (χ0v) is 14.7. The SMILES string of the molecule is N#C/C(=C\c1ccc(-c2ccc(Cl)cc2[N+](=O)[O-])o1)c1ccc(Cl)cc1. The first-order valence-electron chi connectivity index (χ1n) is 7.40. The van der Waals surface area contributed by atoms with Crippen molar-refractivity contribution in [3.63, 3.8) is 0 Å². The predicted molar refractivity (Wildman–Crippen MR) is 101 cm³/mol. The number of halogens is 2. The Morgan fingerprint density at radius 1 is 1.08 bits per heavy atom. The van der Waals surface area contributed by atoms with Crippen LogP contribution in [0.2, 0.25) is 10.0 Å². The van der Waals surface area contributed by atoms with Gasteiger partial charge < -0.3 is 4.42 Å². The number of nitriles is 1. The first-order valence-corrected chi connectivity index (χ1v) is 8.15. The number of nitro benzene ring substituents is 1. The number of benzene rings is 2. The van der Waals surface area contributed by atoms with Crippen molar-refractivity contribution in [2.24, 2.45) is 0 Å². The van der Waals surface area contributed by atoms with Crippen molar-refractivity contribution in [1.29, 1.82) is 5.26 Å². The van der Waals surface area contributed by atoms with Gasteiger partial charge in [-0.05, 0) is 48.0 Å². The van der Waals surface area contributed by atoms with Crippen LogP contribution in [0.3, 0.4) is 0 Å². The molecule has 2 aromatic carbocycles. The van der Waals surface area contributed by atoms with Crippen LogP contribution in [0, 0.1) is 21.4 Å². The molecule has 0 atom stereocenters. The second-order valence-corrected chi connectivity index (χ2v) is 6.17. The van der Waals surface area contributed by atoms with Crippen LogP contribution in [-0.4, -0.2) is 4.92 Å². The molecular formula is C19H10Cl2N2O3. The van der Waals surface area contributed by atoms with Crippen LogP contribution in [0.5, 0.6) is 0 Å². The molecule has 1 heterocycles. The zero-order valence-electron chi connectivity index (χ0n) is 13.1. The molecule has 0 N–H and O–H groups in total. The molecule has 0 saturated heterocycles. The van der Waals surface area contributed by atoms with Gasteiger partial charge in [-0.1, -0.05) is 35.3 Å². The molecule has 0 unspecified atom stereocenters. The van der Waals surface area contributed by atoms with Crippen LogP contribution >= 0.6 is 23.2 Å². The number of hydrogen-bond donors (Lipinski definition) is 0. The standard InChI is InChI=1S/C19H10Cl2N2O3/c20-14-3-1-12(2-4-14)13(11-22)9-16-6-8-19(26-16)17-7-5-15(21)10-18(17)23(24)25/h1-10H/b13-9+. The van der Waals surface area contributed by atoms with Gasteiger partial charge in [0.25, 0.3) is 5.69 Å². The average molecular weight is 385 g/mol. The smallest absolute Gasteiger partial charge is 0.281 e. The summed E-state index contributed by atoms with van der Waals surface area (Å²) < 4.78 is 5.68. The number of nitro groups is 1. The molecule has 1 aromatic heterocycles. The van der Waals surface area contributed by atoms with Crippen LogP contribution in [0.15, 0.2) is 59.0 Å². The Labute approximate surface area is 158 Å². The lowest BCUT2D eigenvalue weighted by molar-refractivity contribution is -0.384. The van der Waals surface area contributed by atoms with Crippen molar-refractivity contribution < 1.29 is 9.34 Å². The summed E-state index contributed by atoms with van der Waals surface area (Å²) in [6, 6.07) is 16.5. The number of nitrogens with zero attached hydrogens (tertiary/aromatic N) is 2. The van der Waals surface area contributed by atoms with E-state index in [1.807, 2.05) is 0 Å². The van der Waals surface area contributed by atoms with E-state index in [2.05, 4.69) is 6.07 Å². The fraction of sp³-hybridized carbons (Fsp3) is 0. The molecule has 26 heavy (non-hydrogen) atoms. The maximum absolute atomic E-state index is 11.2. The van der Waals surface area contributed by atoms with E-state index in [0.29, 0.717) is 33.2 Å². The highest BCUT2D eigenvalue weighted by Crippen LogP contribution is 2.34. The van der Waals surface area contributed by atoms with Crippen molar-refractivity contribution in [1.82, 2.24) is 0 Å². The molecule has 3 rings (SSSR count). The molecule has 0 saturated carbocycles. The van der Waals surface area contributed by atoms with E-state index in [4.69, 9.17) is 27.6 Å². The lowest BCUT2D eigenvalue weighted by Gasteiger charge is -2.01. The largest absolute Gasteiger partial charge is 0.456 e. The Hall–Kier alpha value is -3.07. The van der Waals surface area contributed by atoms with Crippen molar-refractivity contribution >= 4 is 40.5 Å². The average Bonchev–Trinajstić information content (AvgIpc) is 3.09. The van der Waals surface area contributed by atoms with Gasteiger partial charge in [0.2, 0.25) is 0 Å². The Bertz CT molecular complexity index is 1050. The van der Waals surface area contributed by atoms with Crippen molar-refractivity contribution in [2.45, 2.75) is 0 Å². The van der Waals surface area contributed by atoms with E-state index < -0.39 is 4.92 Å². The third kappa shape index (κ3) is 3.77. The van der Waals surface area contributed by atoms with E-state index in [9.17, 15) is 15.4 Å². The van der Waals surface area contributed by atoms with Crippen LogP contribution in [0.25, 0.3) is 23.0 Å². The lowest BCUT2D eigenvalue weighted by atomic mass is 10.1. The summed E-state index contributed by atoms with van der Waals surface area (Å²) in [7, 11) is 0. The van der Waals surface area contributed by atoms with Crippen LogP contribution in [0.4, 0.5) is 5.69 Å². The van der Waals surface area contributed by atoms with Gasteiger partial charge in [-0.3, -0.25) is 10.1 Å². The van der Waals surface area contributed by atoms with Crippen LogP contribution in [0.1, 0.15) is 11.3 Å². The van der Waals surface area contributed by atoms with Gasteiger partial charge in [0.1, 0.15) is 11.5 Å². The number of rotatable bonds is 4. The molecule has 0 radical (unpaired) electrons. The summed E-state index contributed by atoms with van der Waals surface area (Å²) in [5.41, 5.74) is 1.23. The van der Waals surface area contributed by atoms with Crippen molar-refractivity contribution in [3.8, 4) is 17.4 Å². The third-order valence-electron chi connectivity index (χ3n) is 3.61. The summed E-state index contributed by atoms with van der Waals surface area (Å²) in [5, 5.41) is 21.5. The maximum Gasteiger partial charge on any atom is 0.281 e. The first kappa shape index (κ1) is 17.7. The van der Waals surface area contributed by atoms with Gasteiger partial charge in [0.15, 0.2) is 0 Å². The van der Waals surface area contributed by atoms with E-state index in [1.165, 1.54) is 12.1 Å². The molecule has 0 fully saturated rings.